The second-order valence-corrected chi connectivity index (χ2v) is 7.91. The lowest BCUT2D eigenvalue weighted by atomic mass is 10.2. The summed E-state index contributed by atoms with van der Waals surface area (Å²) in [7, 11) is -0.168. The zero-order valence-corrected chi connectivity index (χ0v) is 14.5. The lowest BCUT2D eigenvalue weighted by Crippen LogP contribution is -2.33. The van der Waals surface area contributed by atoms with Gasteiger partial charge < -0.3 is 9.30 Å². The number of nitrogens with zero attached hydrogens (tertiary/aromatic N) is 2. The number of ether oxygens (including phenoxy) is 1. The number of hydrogen-bond acceptors (Lipinski definition) is 3. The van der Waals surface area contributed by atoms with Crippen LogP contribution in [0.25, 0.3) is 0 Å². The number of methoxy groups -OCH3 is 1. The van der Waals surface area contributed by atoms with E-state index in [9.17, 15) is 8.42 Å². The van der Waals surface area contributed by atoms with Crippen LogP contribution in [0, 0.1) is 6.92 Å². The minimum atomic E-state index is -3.60. The molecule has 0 spiro atoms. The summed E-state index contributed by atoms with van der Waals surface area (Å²) in [6, 6.07) is 9.24. The van der Waals surface area contributed by atoms with Gasteiger partial charge in [0.1, 0.15) is 10.6 Å². The van der Waals surface area contributed by atoms with Crippen molar-refractivity contribution in [1.29, 1.82) is 0 Å². The Kier molecular flexibility index (Phi) is 4.21. The topological polar surface area (TPSA) is 51.5 Å². The largest absolute Gasteiger partial charge is 0.495 e. The van der Waals surface area contributed by atoms with Crippen molar-refractivity contribution in [1.82, 2.24) is 8.87 Å². The molecule has 0 N–H and O–H groups in total. The van der Waals surface area contributed by atoms with Gasteiger partial charge in [-0.25, -0.2) is 8.42 Å². The molecule has 23 heavy (non-hydrogen) atoms. The van der Waals surface area contributed by atoms with Gasteiger partial charge in [-0.05, 0) is 49.6 Å². The molecule has 0 aliphatic heterocycles. The van der Waals surface area contributed by atoms with Crippen LogP contribution in [0.5, 0.6) is 5.75 Å². The van der Waals surface area contributed by atoms with Crippen molar-refractivity contribution in [3.8, 4) is 5.75 Å². The summed E-state index contributed by atoms with van der Waals surface area (Å²) in [4.78, 5) is 0.251. The first-order chi connectivity index (χ1) is 10.9. The molecule has 1 saturated carbocycles. The molecule has 3 rings (SSSR count). The highest BCUT2D eigenvalue weighted by Gasteiger charge is 2.39. The number of aromatic nitrogens is 1. The minimum absolute atomic E-state index is 0.0834. The monoisotopic (exact) mass is 334 g/mol. The lowest BCUT2D eigenvalue weighted by molar-refractivity contribution is 0.377. The third-order valence-corrected chi connectivity index (χ3v) is 6.15. The predicted molar refractivity (Wildman–Crippen MR) is 88.9 cm³/mol. The van der Waals surface area contributed by atoms with E-state index in [1.807, 2.05) is 42.9 Å². The van der Waals surface area contributed by atoms with Gasteiger partial charge in [0.2, 0.25) is 10.0 Å². The molecule has 0 atom stereocenters. The fourth-order valence-electron chi connectivity index (χ4n) is 2.71. The number of aryl methyl sites for hydroxylation is 2. The number of benzene rings is 1. The zero-order valence-electron chi connectivity index (χ0n) is 13.7. The lowest BCUT2D eigenvalue weighted by Gasteiger charge is -2.23. The molecule has 0 radical (unpaired) electrons. The van der Waals surface area contributed by atoms with E-state index in [-0.39, 0.29) is 10.9 Å². The average Bonchev–Trinajstić information content (AvgIpc) is 3.27. The number of sulfonamides is 1. The van der Waals surface area contributed by atoms with E-state index in [0.29, 0.717) is 12.3 Å². The van der Waals surface area contributed by atoms with Crippen molar-refractivity contribution in [2.24, 2.45) is 7.05 Å². The van der Waals surface area contributed by atoms with Crippen molar-refractivity contribution in [2.45, 2.75) is 37.2 Å². The zero-order chi connectivity index (χ0) is 16.6. The smallest absolute Gasteiger partial charge is 0.247 e. The van der Waals surface area contributed by atoms with E-state index < -0.39 is 10.0 Å². The molecular weight excluding hydrogens is 312 g/mol. The molecule has 1 aromatic heterocycles. The van der Waals surface area contributed by atoms with Gasteiger partial charge in [0, 0.05) is 25.0 Å². The Bertz CT molecular complexity index is 807. The van der Waals surface area contributed by atoms with E-state index in [1.54, 1.807) is 16.4 Å². The summed E-state index contributed by atoms with van der Waals surface area (Å²) in [5.41, 5.74) is 1.88. The maximum absolute atomic E-state index is 13.2. The Morgan fingerprint density at radius 1 is 1.30 bits per heavy atom. The van der Waals surface area contributed by atoms with Crippen LogP contribution in [0.1, 0.15) is 24.1 Å². The highest BCUT2D eigenvalue weighted by molar-refractivity contribution is 7.89. The average molecular weight is 334 g/mol. The van der Waals surface area contributed by atoms with E-state index in [2.05, 4.69) is 0 Å². The van der Waals surface area contributed by atoms with Crippen LogP contribution in [-0.4, -0.2) is 30.4 Å². The predicted octanol–water partition coefficient (Wildman–Crippen LogP) is 2.70. The molecule has 1 heterocycles. The fraction of sp³-hybridized carbons (Fsp3) is 0.412. The van der Waals surface area contributed by atoms with Crippen molar-refractivity contribution in [3.63, 3.8) is 0 Å². The van der Waals surface area contributed by atoms with Gasteiger partial charge in [-0.3, -0.25) is 0 Å². The van der Waals surface area contributed by atoms with Crippen molar-refractivity contribution < 1.29 is 13.2 Å². The second kappa shape index (κ2) is 6.02. The van der Waals surface area contributed by atoms with E-state index in [4.69, 9.17) is 4.74 Å². The first-order valence-corrected chi connectivity index (χ1v) is 9.14. The molecule has 5 nitrogen and oxygen atoms in total. The molecule has 2 aromatic rings. The van der Waals surface area contributed by atoms with Gasteiger partial charge in [-0.15, -0.1) is 0 Å². The Balaban J connectivity index is 2.02. The molecule has 1 aliphatic rings. The highest BCUT2D eigenvalue weighted by atomic mass is 32.2. The Labute approximate surface area is 137 Å². The van der Waals surface area contributed by atoms with E-state index in [1.165, 1.54) is 7.11 Å². The third-order valence-electron chi connectivity index (χ3n) is 4.23. The van der Waals surface area contributed by atoms with Crippen molar-refractivity contribution >= 4 is 10.0 Å². The molecule has 1 aliphatic carbocycles. The van der Waals surface area contributed by atoms with Gasteiger partial charge in [0.05, 0.1) is 13.7 Å². The standard InChI is InChI=1S/C17H22N2O3S/c1-13-6-9-16(22-3)17(11-13)23(20,21)19(14-7-8-14)12-15-5-4-10-18(15)2/h4-6,9-11,14H,7-8,12H2,1-3H3. The number of rotatable bonds is 6. The summed E-state index contributed by atoms with van der Waals surface area (Å²) in [5.74, 6) is 0.396. The summed E-state index contributed by atoms with van der Waals surface area (Å²) in [6.07, 6.45) is 3.76. The van der Waals surface area contributed by atoms with Crippen LogP contribution in [0.4, 0.5) is 0 Å². The molecule has 1 aromatic carbocycles. The SMILES string of the molecule is COc1ccc(C)cc1S(=O)(=O)N(Cc1cccn1C)C1CC1. The summed E-state index contributed by atoms with van der Waals surface area (Å²) in [6.45, 7) is 2.27. The quantitative estimate of drug-likeness (QED) is 0.816. The normalized spacial score (nSPS) is 15.1. The Morgan fingerprint density at radius 3 is 2.61 bits per heavy atom. The van der Waals surface area contributed by atoms with E-state index >= 15 is 0 Å². The van der Waals surface area contributed by atoms with Gasteiger partial charge in [-0.2, -0.15) is 4.31 Å². The Hall–Kier alpha value is -1.79. The van der Waals surface area contributed by atoms with Crippen LogP contribution >= 0.6 is 0 Å². The first-order valence-electron chi connectivity index (χ1n) is 7.70. The van der Waals surface area contributed by atoms with Crippen LogP contribution in [0.2, 0.25) is 0 Å². The first kappa shape index (κ1) is 16.1. The fourth-order valence-corrected chi connectivity index (χ4v) is 4.60. The minimum Gasteiger partial charge on any atom is -0.495 e. The van der Waals surface area contributed by atoms with E-state index in [0.717, 1.165) is 24.1 Å². The summed E-state index contributed by atoms with van der Waals surface area (Å²) >= 11 is 0. The van der Waals surface area contributed by atoms with Crippen molar-refractivity contribution in [3.05, 3.63) is 47.8 Å². The van der Waals surface area contributed by atoms with Crippen LogP contribution in [0.15, 0.2) is 41.4 Å². The summed E-state index contributed by atoms with van der Waals surface area (Å²) < 4.78 is 35.3. The molecule has 124 valence electrons. The van der Waals surface area contributed by atoms with Crippen LogP contribution < -0.4 is 4.74 Å². The second-order valence-electron chi connectivity index (χ2n) is 6.05. The molecule has 0 unspecified atom stereocenters. The highest BCUT2D eigenvalue weighted by Crippen LogP contribution is 2.36. The maximum atomic E-state index is 13.2. The van der Waals surface area contributed by atoms with Crippen LogP contribution in [-0.2, 0) is 23.6 Å². The molecule has 6 heteroatoms. The van der Waals surface area contributed by atoms with Gasteiger partial charge in [0.15, 0.2) is 0 Å². The van der Waals surface area contributed by atoms with Gasteiger partial charge in [-0.1, -0.05) is 6.07 Å². The third kappa shape index (κ3) is 3.14. The van der Waals surface area contributed by atoms with Crippen LogP contribution in [0.3, 0.4) is 0 Å². The number of hydrogen-bond donors (Lipinski definition) is 0. The molecule has 0 saturated heterocycles. The molecule has 1 fully saturated rings. The maximum Gasteiger partial charge on any atom is 0.247 e. The Morgan fingerprint density at radius 2 is 2.04 bits per heavy atom. The van der Waals surface area contributed by atoms with Crippen molar-refractivity contribution in [2.75, 3.05) is 7.11 Å². The molecular formula is C17H22N2O3S. The summed E-state index contributed by atoms with van der Waals surface area (Å²) in [5, 5.41) is 0. The van der Waals surface area contributed by atoms with Gasteiger partial charge >= 0.3 is 0 Å². The molecule has 0 bridgehead atoms. The molecule has 0 amide bonds. The van der Waals surface area contributed by atoms with Gasteiger partial charge in [0.25, 0.3) is 0 Å².